The van der Waals surface area contributed by atoms with Gasteiger partial charge in [0.1, 0.15) is 74.1 Å². The molecule has 24 nitrogen and oxygen atoms in total. The number of nitrogens with zero attached hydrogens (tertiary/aromatic N) is 6. The lowest BCUT2D eigenvalue weighted by Gasteiger charge is -2.27. The van der Waals surface area contributed by atoms with Crippen molar-refractivity contribution in [2.45, 2.75) is 178 Å². The lowest BCUT2D eigenvalue weighted by molar-refractivity contribution is 0.216. The Labute approximate surface area is 663 Å². The van der Waals surface area contributed by atoms with Gasteiger partial charge in [0.25, 0.3) is 0 Å². The molecular formula is C88H128N12O12. The van der Waals surface area contributed by atoms with Crippen molar-refractivity contribution in [1.82, 2.24) is 61.8 Å². The molecule has 6 aliphatic carbocycles. The predicted octanol–water partition coefficient (Wildman–Crippen LogP) is 7.52. The van der Waals surface area contributed by atoms with Crippen LogP contribution in [0.3, 0.4) is 0 Å². The van der Waals surface area contributed by atoms with Gasteiger partial charge in [0, 0.05) is 113 Å². The Bertz CT molecular complexity index is 3330. The Balaban J connectivity index is 0.000000118. The first-order valence-corrected chi connectivity index (χ1v) is 42.6. The summed E-state index contributed by atoms with van der Waals surface area (Å²) < 4.78 is 34.5. The number of pyridine rings is 6. The van der Waals surface area contributed by atoms with Gasteiger partial charge in [-0.15, -0.1) is 0 Å². The Morgan fingerprint density at radius 2 is 0.446 bits per heavy atom. The fourth-order valence-corrected chi connectivity index (χ4v) is 15.5. The lowest BCUT2D eigenvalue weighted by atomic mass is 10.1. The van der Waals surface area contributed by atoms with Gasteiger partial charge < -0.3 is 91.0 Å². The minimum Gasteiger partial charge on any atom is -0.490 e. The van der Waals surface area contributed by atoms with Gasteiger partial charge in [0.05, 0.1) is 37.2 Å². The zero-order valence-corrected chi connectivity index (χ0v) is 65.9. The predicted molar refractivity (Wildman–Crippen MR) is 430 cm³/mol. The summed E-state index contributed by atoms with van der Waals surface area (Å²) in [4.78, 5) is 25.5. The molecule has 24 heteroatoms. The van der Waals surface area contributed by atoms with Gasteiger partial charge in [-0.1, -0.05) is 0 Å². The molecule has 18 rings (SSSR count). The summed E-state index contributed by atoms with van der Waals surface area (Å²) in [5, 5.41) is 73.9. The minimum absolute atomic E-state index is 0.321. The summed E-state index contributed by atoms with van der Waals surface area (Å²) in [5.74, 6) is 13.0. The maximum Gasteiger partial charge on any atom is 0.137 e. The molecule has 6 saturated heterocycles. The fourth-order valence-electron chi connectivity index (χ4n) is 15.5. The van der Waals surface area contributed by atoms with E-state index in [1.165, 1.54) is 97.6 Å². The van der Waals surface area contributed by atoms with E-state index in [2.05, 4.69) is 98.2 Å². The largest absolute Gasteiger partial charge is 0.490 e. The molecular weight excluding hydrogens is 1420 g/mol. The minimum atomic E-state index is 0.321. The molecule has 0 bridgehead atoms. The highest BCUT2D eigenvalue weighted by molar-refractivity contribution is 5.29. The van der Waals surface area contributed by atoms with E-state index in [1.54, 1.807) is 37.2 Å². The van der Waals surface area contributed by atoms with Crippen LogP contribution in [0.25, 0.3) is 0 Å². The molecule has 0 aromatic carbocycles. The third-order valence-electron chi connectivity index (χ3n) is 24.8. The van der Waals surface area contributed by atoms with E-state index in [1.807, 2.05) is 37.2 Å². The summed E-state index contributed by atoms with van der Waals surface area (Å²) in [6.07, 6.45) is 47.1. The second-order valence-electron chi connectivity index (χ2n) is 33.9. The second kappa shape index (κ2) is 43.8. The van der Waals surface area contributed by atoms with Crippen molar-refractivity contribution in [2.24, 2.45) is 71.0 Å². The maximum absolute atomic E-state index is 9.04. The molecule has 612 valence electrons. The summed E-state index contributed by atoms with van der Waals surface area (Å²) in [6.45, 7) is 13.0. The number of hydrogen-bond donors (Lipinski definition) is 12. The van der Waals surface area contributed by atoms with Crippen molar-refractivity contribution < 1.29 is 59.1 Å². The van der Waals surface area contributed by atoms with Crippen LogP contribution < -0.4 is 60.3 Å². The Morgan fingerprint density at radius 1 is 0.250 bits per heavy atom. The molecule has 0 unspecified atom stereocenters. The molecule has 6 aromatic heterocycles. The first-order chi connectivity index (χ1) is 55.1. The number of hydrogen-bond acceptors (Lipinski definition) is 24. The van der Waals surface area contributed by atoms with Crippen molar-refractivity contribution in [3.8, 4) is 34.5 Å². The van der Waals surface area contributed by atoms with Gasteiger partial charge in [-0.05, 0) is 321 Å². The first-order valence-electron chi connectivity index (χ1n) is 42.6. The summed E-state index contributed by atoms with van der Waals surface area (Å²) >= 11 is 0. The second-order valence-corrected chi connectivity index (χ2v) is 33.9. The van der Waals surface area contributed by atoms with E-state index in [0.717, 1.165) is 214 Å². The van der Waals surface area contributed by atoms with E-state index in [9.17, 15) is 0 Å². The third kappa shape index (κ3) is 28.3. The van der Waals surface area contributed by atoms with Gasteiger partial charge in [0.2, 0.25) is 0 Å². The third-order valence-corrected chi connectivity index (χ3v) is 24.8. The Hall–Kier alpha value is -6.78. The molecule has 12 fully saturated rings. The van der Waals surface area contributed by atoms with E-state index in [0.29, 0.717) is 123 Å². The summed E-state index contributed by atoms with van der Waals surface area (Å²) in [5.41, 5.74) is 7.40. The highest BCUT2D eigenvalue weighted by Crippen LogP contribution is 2.47. The molecule has 6 saturated carbocycles. The van der Waals surface area contributed by atoms with Crippen molar-refractivity contribution in [2.75, 3.05) is 119 Å². The summed E-state index contributed by atoms with van der Waals surface area (Å²) in [6, 6.07) is 15.6. The zero-order valence-electron chi connectivity index (χ0n) is 65.9. The standard InChI is InChI=1S/2C16H24N2O2.4C14H20N2O2/c2*19-6-4-14-8-13(14)2-1-12-7-16(10-17-9-12)20-11-15-3-5-18-15;4*17-8-12-5-11(12)3-10-4-14(7-15-6-10)18-9-13-1-2-16-13/h2*7,9-10,13-15,18-19H,1-6,8,11H2;4*4,6-7,11-13,16-17H,1-3,5,8-9H2/t13-,14-,15+;13-,14-,15-;11-,12+,13+;11-,12+,13-;11-,12-,13+;11-,12-,13-/m101010/s1. The monoisotopic (exact) mass is 1540 g/mol. The first kappa shape index (κ1) is 83.2. The van der Waals surface area contributed by atoms with Crippen LogP contribution in [0.15, 0.2) is 111 Å². The van der Waals surface area contributed by atoms with E-state index in [-0.39, 0.29) is 0 Å². The zero-order chi connectivity index (χ0) is 77.1. The maximum atomic E-state index is 9.04. The quantitative estimate of drug-likeness (QED) is 0.0177. The Morgan fingerprint density at radius 3 is 0.634 bits per heavy atom. The molecule has 0 radical (unpaired) electrons. The van der Waals surface area contributed by atoms with Crippen molar-refractivity contribution in [3.05, 3.63) is 144 Å². The van der Waals surface area contributed by atoms with Crippen LogP contribution in [-0.4, -0.2) is 215 Å². The molecule has 6 aliphatic heterocycles. The molecule has 12 aliphatic rings. The van der Waals surface area contributed by atoms with Gasteiger partial charge in [-0.2, -0.15) is 0 Å². The van der Waals surface area contributed by atoms with Crippen LogP contribution >= 0.6 is 0 Å². The van der Waals surface area contributed by atoms with Crippen LogP contribution in [0.4, 0.5) is 0 Å². The van der Waals surface area contributed by atoms with Crippen LogP contribution in [0, 0.1) is 71.0 Å². The number of aliphatic hydroxyl groups is 6. The fraction of sp³-hybridized carbons (Fsp3) is 0.659. The van der Waals surface area contributed by atoms with Gasteiger partial charge in [-0.3, -0.25) is 29.9 Å². The molecule has 0 spiro atoms. The van der Waals surface area contributed by atoms with Crippen molar-refractivity contribution in [1.29, 1.82) is 0 Å². The number of aryl methyl sites for hydroxylation is 2. The Kier molecular flexibility index (Phi) is 32.5. The molecule has 12 N–H and O–H groups in total. The van der Waals surface area contributed by atoms with E-state index in [4.69, 9.17) is 59.1 Å². The molecule has 6 aromatic rings. The number of aliphatic hydroxyl groups excluding tert-OH is 6. The topological polar surface area (TPSA) is 326 Å². The molecule has 0 amide bonds. The number of aromatic nitrogens is 6. The number of ether oxygens (including phenoxy) is 6. The van der Waals surface area contributed by atoms with Crippen molar-refractivity contribution >= 4 is 0 Å². The lowest BCUT2D eigenvalue weighted by Crippen LogP contribution is -2.46. The molecule has 12 heterocycles. The van der Waals surface area contributed by atoms with Crippen LogP contribution in [0.5, 0.6) is 34.5 Å². The SMILES string of the molecule is OCC[C@@H]1C[C@H]1CCc1cncc(OC[C@@H]2CCN2)c1.OCC[C@H]1C[C@@H]1CCc1cncc(OC[C@@H]2CCN2)c1.OC[C@@H]1C[C@@H]1Cc1cncc(OC[C@@H]2CCN2)c1.OC[C@@H]1C[C@H]1Cc1cncc(OC[C@@H]2CCN2)c1.OC[C@H]1C[C@@H]1Cc1cncc(OC[C@@H]2CCN2)c1.OC[C@H]1C[C@H]1Cc1cncc(OC[C@@H]2CCN2)c1. The van der Waals surface area contributed by atoms with Crippen molar-refractivity contribution in [3.63, 3.8) is 0 Å². The van der Waals surface area contributed by atoms with Gasteiger partial charge in [-0.25, -0.2) is 0 Å². The van der Waals surface area contributed by atoms with E-state index >= 15 is 0 Å². The normalized spacial score (nSPS) is 29.1. The van der Waals surface area contributed by atoms with Gasteiger partial charge in [0.15, 0.2) is 0 Å². The van der Waals surface area contributed by atoms with E-state index < -0.39 is 0 Å². The average molecular weight is 1550 g/mol. The van der Waals surface area contributed by atoms with Crippen LogP contribution in [0.2, 0.25) is 0 Å². The average Bonchev–Trinajstić information content (AvgIpc) is 1.70. The molecule has 112 heavy (non-hydrogen) atoms. The highest BCUT2D eigenvalue weighted by atomic mass is 16.5. The highest BCUT2D eigenvalue weighted by Gasteiger charge is 2.40. The summed E-state index contributed by atoms with van der Waals surface area (Å²) in [7, 11) is 0. The van der Waals surface area contributed by atoms with Crippen LogP contribution in [-0.2, 0) is 38.5 Å². The van der Waals surface area contributed by atoms with Gasteiger partial charge >= 0.3 is 0 Å². The molecule has 18 atom stereocenters. The number of nitrogens with one attached hydrogen (secondary N) is 6. The smallest absolute Gasteiger partial charge is 0.137 e. The number of rotatable bonds is 40. The van der Waals surface area contributed by atoms with Crippen LogP contribution in [0.1, 0.15) is 136 Å².